The minimum absolute atomic E-state index is 0.0491. The monoisotopic (exact) mass is 354 g/mol. The van der Waals surface area contributed by atoms with Crippen LogP contribution in [-0.2, 0) is 6.54 Å². The predicted octanol–water partition coefficient (Wildman–Crippen LogP) is 1.93. The Bertz CT molecular complexity index is 639. The maximum Gasteiger partial charge on any atom is 0.270 e. The SMILES string of the molecule is N/C(=N/O)c1ccc(C(=O)NCc2sccc2Br)nc1. The lowest BCUT2D eigenvalue weighted by Crippen LogP contribution is -2.24. The second-order valence-corrected chi connectivity index (χ2v) is 5.65. The van der Waals surface area contributed by atoms with Gasteiger partial charge in [0, 0.05) is 21.1 Å². The standard InChI is InChI=1S/C12H11BrN4O2S/c13-8-3-4-20-10(8)6-16-12(18)9-2-1-7(5-15-9)11(14)17-19/h1-5,19H,6H2,(H2,14,17)(H,16,18). The van der Waals surface area contributed by atoms with Gasteiger partial charge in [-0.25, -0.2) is 0 Å². The van der Waals surface area contributed by atoms with Crippen LogP contribution in [0.1, 0.15) is 20.9 Å². The number of thiophene rings is 1. The van der Waals surface area contributed by atoms with E-state index in [1.54, 1.807) is 17.4 Å². The molecule has 2 rings (SSSR count). The Labute approximate surface area is 127 Å². The minimum Gasteiger partial charge on any atom is -0.409 e. The van der Waals surface area contributed by atoms with Crippen LogP contribution in [0, 0.1) is 0 Å². The van der Waals surface area contributed by atoms with E-state index in [1.165, 1.54) is 12.3 Å². The normalized spacial score (nSPS) is 11.3. The number of amides is 1. The zero-order valence-electron chi connectivity index (χ0n) is 10.2. The van der Waals surface area contributed by atoms with Gasteiger partial charge < -0.3 is 16.3 Å². The number of carbonyl (C=O) groups is 1. The molecule has 0 unspecified atom stereocenters. The van der Waals surface area contributed by atoms with Crippen molar-refractivity contribution in [3.8, 4) is 0 Å². The molecule has 6 nitrogen and oxygen atoms in total. The molecule has 0 aliphatic heterocycles. The molecule has 0 aliphatic rings. The van der Waals surface area contributed by atoms with Gasteiger partial charge in [-0.3, -0.25) is 9.78 Å². The Balaban J connectivity index is 2.01. The molecule has 2 aromatic rings. The van der Waals surface area contributed by atoms with Crippen molar-refractivity contribution in [1.29, 1.82) is 0 Å². The lowest BCUT2D eigenvalue weighted by Gasteiger charge is -2.04. The van der Waals surface area contributed by atoms with Crippen molar-refractivity contribution in [1.82, 2.24) is 10.3 Å². The summed E-state index contributed by atoms with van der Waals surface area (Å²) in [5.41, 5.74) is 6.14. The summed E-state index contributed by atoms with van der Waals surface area (Å²) in [6.45, 7) is 0.431. The molecule has 0 saturated heterocycles. The number of nitrogens with one attached hydrogen (secondary N) is 1. The second-order valence-electron chi connectivity index (χ2n) is 3.79. The summed E-state index contributed by atoms with van der Waals surface area (Å²) in [7, 11) is 0. The van der Waals surface area contributed by atoms with Crippen LogP contribution in [0.15, 0.2) is 39.4 Å². The van der Waals surface area contributed by atoms with Gasteiger partial charge >= 0.3 is 0 Å². The third-order valence-electron chi connectivity index (χ3n) is 2.50. The van der Waals surface area contributed by atoms with Crippen molar-refractivity contribution >= 4 is 39.0 Å². The lowest BCUT2D eigenvalue weighted by molar-refractivity contribution is 0.0946. The van der Waals surface area contributed by atoms with Crippen LogP contribution in [0.4, 0.5) is 0 Å². The first kappa shape index (κ1) is 14.5. The summed E-state index contributed by atoms with van der Waals surface area (Å²) in [5, 5.41) is 16.1. The first-order valence-corrected chi connectivity index (χ1v) is 7.23. The van der Waals surface area contributed by atoms with Gasteiger partial charge in [-0.05, 0) is 39.5 Å². The van der Waals surface area contributed by atoms with E-state index >= 15 is 0 Å². The number of hydrogen-bond acceptors (Lipinski definition) is 5. The fraction of sp³-hybridized carbons (Fsp3) is 0.0833. The molecule has 20 heavy (non-hydrogen) atoms. The summed E-state index contributed by atoms with van der Waals surface area (Å²) >= 11 is 4.95. The van der Waals surface area contributed by atoms with Crippen molar-refractivity contribution in [3.63, 3.8) is 0 Å². The van der Waals surface area contributed by atoms with Gasteiger partial charge in [-0.2, -0.15) is 0 Å². The number of rotatable bonds is 4. The van der Waals surface area contributed by atoms with E-state index in [1.807, 2.05) is 11.4 Å². The highest BCUT2D eigenvalue weighted by Crippen LogP contribution is 2.22. The number of aromatic nitrogens is 1. The second kappa shape index (κ2) is 6.49. The molecule has 0 spiro atoms. The fourth-order valence-corrected chi connectivity index (χ4v) is 2.87. The van der Waals surface area contributed by atoms with Crippen molar-refractivity contribution in [3.05, 3.63) is 50.4 Å². The summed E-state index contributed by atoms with van der Waals surface area (Å²) in [6.07, 6.45) is 1.38. The molecule has 0 bridgehead atoms. The summed E-state index contributed by atoms with van der Waals surface area (Å²) < 4.78 is 0.970. The Hall–Kier alpha value is -1.93. The minimum atomic E-state index is -0.281. The van der Waals surface area contributed by atoms with E-state index in [0.29, 0.717) is 12.1 Å². The third kappa shape index (κ3) is 3.34. The molecule has 4 N–H and O–H groups in total. The summed E-state index contributed by atoms with van der Waals surface area (Å²) in [5.74, 6) is -0.330. The molecule has 0 atom stereocenters. The van der Waals surface area contributed by atoms with Crippen LogP contribution in [-0.4, -0.2) is 21.9 Å². The van der Waals surface area contributed by atoms with E-state index < -0.39 is 0 Å². The van der Waals surface area contributed by atoms with E-state index in [9.17, 15) is 4.79 Å². The van der Waals surface area contributed by atoms with Gasteiger partial charge in [0.25, 0.3) is 5.91 Å². The Morgan fingerprint density at radius 1 is 1.50 bits per heavy atom. The number of nitrogens with two attached hydrogens (primary N) is 1. The molecule has 0 fully saturated rings. The Morgan fingerprint density at radius 2 is 2.30 bits per heavy atom. The van der Waals surface area contributed by atoms with Crippen molar-refractivity contribution in [2.75, 3.05) is 0 Å². The van der Waals surface area contributed by atoms with E-state index in [0.717, 1.165) is 9.35 Å². The van der Waals surface area contributed by atoms with Crippen LogP contribution in [0.2, 0.25) is 0 Å². The average Bonchev–Trinajstić information content (AvgIpc) is 2.89. The van der Waals surface area contributed by atoms with Gasteiger partial charge in [0.2, 0.25) is 0 Å². The Kier molecular flexibility index (Phi) is 4.70. The molecule has 1 amide bonds. The number of hydrogen-bond donors (Lipinski definition) is 3. The van der Waals surface area contributed by atoms with Gasteiger partial charge in [0.1, 0.15) is 5.69 Å². The number of halogens is 1. The van der Waals surface area contributed by atoms with Gasteiger partial charge in [0.15, 0.2) is 5.84 Å². The van der Waals surface area contributed by atoms with Gasteiger partial charge in [0.05, 0.1) is 6.54 Å². The quantitative estimate of drug-likeness (QED) is 0.338. The maximum absolute atomic E-state index is 11.9. The van der Waals surface area contributed by atoms with Crippen LogP contribution in [0.3, 0.4) is 0 Å². The van der Waals surface area contributed by atoms with Gasteiger partial charge in [-0.15, -0.1) is 11.3 Å². The van der Waals surface area contributed by atoms with Crippen LogP contribution < -0.4 is 11.1 Å². The molecule has 0 saturated carbocycles. The number of amidine groups is 1. The Morgan fingerprint density at radius 3 is 2.85 bits per heavy atom. The molecule has 0 aromatic carbocycles. The smallest absolute Gasteiger partial charge is 0.270 e. The molecule has 8 heteroatoms. The summed E-state index contributed by atoms with van der Waals surface area (Å²) in [6, 6.07) is 5.01. The van der Waals surface area contributed by atoms with Crippen molar-refractivity contribution < 1.29 is 10.0 Å². The highest BCUT2D eigenvalue weighted by molar-refractivity contribution is 9.10. The average molecular weight is 355 g/mol. The molecule has 2 heterocycles. The fourth-order valence-electron chi connectivity index (χ4n) is 1.44. The number of pyridine rings is 1. The lowest BCUT2D eigenvalue weighted by atomic mass is 10.2. The number of oxime groups is 1. The van der Waals surface area contributed by atoms with Crippen LogP contribution >= 0.6 is 27.3 Å². The largest absolute Gasteiger partial charge is 0.409 e. The van der Waals surface area contributed by atoms with Crippen LogP contribution in [0.25, 0.3) is 0 Å². The van der Waals surface area contributed by atoms with Crippen molar-refractivity contribution in [2.45, 2.75) is 6.54 Å². The predicted molar refractivity (Wildman–Crippen MR) is 79.9 cm³/mol. The molecule has 104 valence electrons. The molecule has 2 aromatic heterocycles. The first-order chi connectivity index (χ1) is 9.61. The maximum atomic E-state index is 11.9. The van der Waals surface area contributed by atoms with E-state index in [2.05, 4.69) is 31.4 Å². The van der Waals surface area contributed by atoms with Crippen LogP contribution in [0.5, 0.6) is 0 Å². The van der Waals surface area contributed by atoms with Gasteiger partial charge in [-0.1, -0.05) is 5.16 Å². The molecule has 0 aliphatic carbocycles. The molecular weight excluding hydrogens is 344 g/mol. The molecule has 0 radical (unpaired) electrons. The topological polar surface area (TPSA) is 101 Å². The summed E-state index contributed by atoms with van der Waals surface area (Å²) in [4.78, 5) is 16.9. The molecular formula is C12H11BrN4O2S. The first-order valence-electron chi connectivity index (χ1n) is 5.56. The third-order valence-corrected chi connectivity index (χ3v) is 4.43. The highest BCUT2D eigenvalue weighted by atomic mass is 79.9. The number of carbonyl (C=O) groups excluding carboxylic acids is 1. The highest BCUT2D eigenvalue weighted by Gasteiger charge is 2.09. The van der Waals surface area contributed by atoms with E-state index in [4.69, 9.17) is 10.9 Å². The number of nitrogens with zero attached hydrogens (tertiary/aromatic N) is 2. The zero-order valence-corrected chi connectivity index (χ0v) is 12.6. The van der Waals surface area contributed by atoms with E-state index in [-0.39, 0.29) is 17.4 Å². The van der Waals surface area contributed by atoms with Crippen molar-refractivity contribution in [2.24, 2.45) is 10.9 Å². The zero-order chi connectivity index (χ0) is 14.5.